The molecule has 4 rings (SSSR count). The van der Waals surface area contributed by atoms with Crippen LogP contribution < -0.4 is 14.2 Å². The van der Waals surface area contributed by atoms with Crippen LogP contribution in [0.3, 0.4) is 0 Å². The zero-order valence-electron chi connectivity index (χ0n) is 19.8. The van der Waals surface area contributed by atoms with Crippen LogP contribution in [0.1, 0.15) is 33.6 Å². The highest BCUT2D eigenvalue weighted by molar-refractivity contribution is 6.33. The highest BCUT2D eigenvalue weighted by Crippen LogP contribution is 2.41. The molecule has 1 aromatic heterocycles. The van der Waals surface area contributed by atoms with Gasteiger partial charge in [-0.1, -0.05) is 48.0 Å². The molecule has 7 nitrogen and oxygen atoms in total. The molecule has 34 heavy (non-hydrogen) atoms. The van der Waals surface area contributed by atoms with Gasteiger partial charge in [-0.25, -0.2) is 4.68 Å². The summed E-state index contributed by atoms with van der Waals surface area (Å²) in [5.41, 5.74) is 4.08. The summed E-state index contributed by atoms with van der Waals surface area (Å²) in [6.07, 6.45) is 2.69. The van der Waals surface area contributed by atoms with Gasteiger partial charge < -0.3 is 19.1 Å². The molecule has 0 N–H and O–H groups in total. The summed E-state index contributed by atoms with van der Waals surface area (Å²) in [5, 5.41) is 4.88. The lowest BCUT2D eigenvalue weighted by Gasteiger charge is -2.28. The first kappa shape index (κ1) is 23.7. The Morgan fingerprint density at radius 2 is 1.74 bits per heavy atom. The van der Waals surface area contributed by atoms with Crippen LogP contribution >= 0.6 is 11.6 Å². The highest BCUT2D eigenvalue weighted by Gasteiger charge is 2.28. The van der Waals surface area contributed by atoms with E-state index in [1.54, 1.807) is 30.9 Å². The summed E-state index contributed by atoms with van der Waals surface area (Å²) in [6.45, 7) is 3.32. The number of carbonyl (C=O) groups excluding carboxylic acids is 1. The Hall–Kier alpha value is -3.45. The van der Waals surface area contributed by atoms with Gasteiger partial charge >= 0.3 is 0 Å². The summed E-state index contributed by atoms with van der Waals surface area (Å²) >= 11 is 6.62. The third-order valence-corrected chi connectivity index (χ3v) is 6.37. The molecular formula is C26H28ClN3O4. The van der Waals surface area contributed by atoms with Crippen molar-refractivity contribution >= 4 is 23.1 Å². The predicted molar refractivity (Wildman–Crippen MR) is 132 cm³/mol. The van der Waals surface area contributed by atoms with Gasteiger partial charge in [0.15, 0.2) is 0 Å². The molecule has 0 unspecified atom stereocenters. The Kier molecular flexibility index (Phi) is 7.12. The van der Waals surface area contributed by atoms with Crippen LogP contribution in [0.4, 0.5) is 0 Å². The molecule has 1 aliphatic heterocycles. The van der Waals surface area contributed by atoms with Crippen LogP contribution in [0.5, 0.6) is 17.2 Å². The standard InChI is InChI=1S/C26H28ClN3O4/c1-17-23(25(27)30(28-17)16-18-8-6-5-7-9-18)26(31)29-12-10-19(11-13-29)24-21(33-3)14-20(32-2)15-22(24)34-4/h5-10,14-15H,11-13,16H2,1-4H3. The summed E-state index contributed by atoms with van der Waals surface area (Å²) in [4.78, 5) is 15.2. The normalized spacial score (nSPS) is 13.4. The maximum atomic E-state index is 13.4. The van der Waals surface area contributed by atoms with E-state index in [2.05, 4.69) is 5.10 Å². The van der Waals surface area contributed by atoms with E-state index in [-0.39, 0.29) is 5.91 Å². The first-order chi connectivity index (χ1) is 16.5. The molecule has 8 heteroatoms. The quantitative estimate of drug-likeness (QED) is 0.482. The second kappa shape index (κ2) is 10.2. The number of aryl methyl sites for hydroxylation is 1. The molecule has 0 saturated heterocycles. The predicted octanol–water partition coefficient (Wildman–Crippen LogP) is 4.85. The first-order valence-electron chi connectivity index (χ1n) is 11.0. The third kappa shape index (κ3) is 4.61. The van der Waals surface area contributed by atoms with Gasteiger partial charge in [-0.2, -0.15) is 5.10 Å². The van der Waals surface area contributed by atoms with Crippen molar-refractivity contribution in [2.45, 2.75) is 19.9 Å². The topological polar surface area (TPSA) is 65.8 Å². The van der Waals surface area contributed by atoms with Gasteiger partial charge in [0.2, 0.25) is 0 Å². The van der Waals surface area contributed by atoms with E-state index in [0.717, 1.165) is 16.7 Å². The average Bonchev–Trinajstić information content (AvgIpc) is 3.15. The second-order valence-electron chi connectivity index (χ2n) is 8.03. The number of nitrogens with zero attached hydrogens (tertiary/aromatic N) is 3. The van der Waals surface area contributed by atoms with Gasteiger partial charge in [0.1, 0.15) is 22.4 Å². The molecule has 0 spiro atoms. The maximum Gasteiger partial charge on any atom is 0.259 e. The number of ether oxygens (including phenoxy) is 3. The maximum absolute atomic E-state index is 13.4. The lowest BCUT2D eigenvalue weighted by Crippen LogP contribution is -2.35. The van der Waals surface area contributed by atoms with E-state index in [1.165, 1.54) is 0 Å². The van der Waals surface area contributed by atoms with Crippen molar-refractivity contribution in [2.75, 3.05) is 34.4 Å². The number of methoxy groups -OCH3 is 3. The van der Waals surface area contributed by atoms with Gasteiger partial charge in [-0.3, -0.25) is 4.79 Å². The molecule has 3 aromatic rings. The Labute approximate surface area is 204 Å². The van der Waals surface area contributed by atoms with Crippen LogP contribution in [-0.4, -0.2) is 55.0 Å². The van der Waals surface area contributed by atoms with Gasteiger partial charge in [-0.15, -0.1) is 0 Å². The van der Waals surface area contributed by atoms with Crippen LogP contribution in [0.25, 0.3) is 5.57 Å². The summed E-state index contributed by atoms with van der Waals surface area (Å²) in [5.74, 6) is 1.88. The lowest BCUT2D eigenvalue weighted by atomic mass is 9.97. The van der Waals surface area contributed by atoms with Gasteiger partial charge in [0, 0.05) is 25.2 Å². The van der Waals surface area contributed by atoms with Crippen molar-refractivity contribution in [3.63, 3.8) is 0 Å². The molecule has 2 heterocycles. The Morgan fingerprint density at radius 3 is 2.29 bits per heavy atom. The Balaban J connectivity index is 1.56. The fourth-order valence-electron chi connectivity index (χ4n) is 4.22. The Morgan fingerprint density at radius 1 is 1.06 bits per heavy atom. The van der Waals surface area contributed by atoms with Crippen LogP contribution in [0, 0.1) is 6.92 Å². The van der Waals surface area contributed by atoms with Gasteiger partial charge in [0.05, 0.1) is 44.7 Å². The molecule has 0 aliphatic carbocycles. The number of halogens is 1. The molecule has 0 bridgehead atoms. The molecule has 0 saturated carbocycles. The molecule has 2 aromatic carbocycles. The minimum Gasteiger partial charge on any atom is -0.496 e. The van der Waals surface area contributed by atoms with E-state index >= 15 is 0 Å². The number of hydrogen-bond donors (Lipinski definition) is 0. The number of amides is 1. The van der Waals surface area contributed by atoms with Crippen LogP contribution in [0.15, 0.2) is 48.5 Å². The van der Waals surface area contributed by atoms with Crippen LogP contribution in [-0.2, 0) is 6.54 Å². The van der Waals surface area contributed by atoms with E-state index < -0.39 is 0 Å². The van der Waals surface area contributed by atoms with E-state index in [0.29, 0.717) is 59.7 Å². The zero-order chi connectivity index (χ0) is 24.2. The minimum atomic E-state index is -0.120. The van der Waals surface area contributed by atoms with Crippen molar-refractivity contribution < 1.29 is 19.0 Å². The van der Waals surface area contributed by atoms with Crippen molar-refractivity contribution in [1.82, 2.24) is 14.7 Å². The summed E-state index contributed by atoms with van der Waals surface area (Å²) in [7, 11) is 4.84. The average molecular weight is 482 g/mol. The highest BCUT2D eigenvalue weighted by atomic mass is 35.5. The minimum absolute atomic E-state index is 0.120. The molecule has 0 fully saturated rings. The number of benzene rings is 2. The molecule has 178 valence electrons. The monoisotopic (exact) mass is 481 g/mol. The van der Waals surface area contributed by atoms with Crippen molar-refractivity contribution in [1.29, 1.82) is 0 Å². The number of hydrogen-bond acceptors (Lipinski definition) is 5. The first-order valence-corrected chi connectivity index (χ1v) is 11.4. The van der Waals surface area contributed by atoms with Crippen molar-refractivity contribution in [2.24, 2.45) is 0 Å². The van der Waals surface area contributed by atoms with E-state index in [1.807, 2.05) is 55.5 Å². The fourth-order valence-corrected chi connectivity index (χ4v) is 4.53. The smallest absolute Gasteiger partial charge is 0.259 e. The van der Waals surface area contributed by atoms with Crippen molar-refractivity contribution in [3.05, 3.63) is 76.1 Å². The zero-order valence-corrected chi connectivity index (χ0v) is 20.6. The van der Waals surface area contributed by atoms with Gasteiger partial charge in [0.25, 0.3) is 5.91 Å². The lowest BCUT2D eigenvalue weighted by molar-refractivity contribution is 0.0772. The van der Waals surface area contributed by atoms with E-state index in [4.69, 9.17) is 25.8 Å². The largest absolute Gasteiger partial charge is 0.496 e. The fraction of sp³-hybridized carbons (Fsp3) is 0.308. The van der Waals surface area contributed by atoms with Crippen molar-refractivity contribution in [3.8, 4) is 17.2 Å². The van der Waals surface area contributed by atoms with Gasteiger partial charge in [-0.05, 0) is 24.5 Å². The van der Waals surface area contributed by atoms with E-state index in [9.17, 15) is 4.79 Å². The number of rotatable bonds is 7. The Bertz CT molecular complexity index is 1200. The third-order valence-electron chi connectivity index (χ3n) is 5.99. The molecule has 0 atom stereocenters. The van der Waals surface area contributed by atoms with Crippen LogP contribution in [0.2, 0.25) is 5.15 Å². The number of aromatic nitrogens is 2. The number of carbonyl (C=O) groups is 1. The summed E-state index contributed by atoms with van der Waals surface area (Å²) in [6, 6.07) is 13.6. The second-order valence-corrected chi connectivity index (χ2v) is 8.39. The SMILES string of the molecule is COc1cc(OC)c(C2=CCN(C(=O)c3c(C)nn(Cc4ccccc4)c3Cl)CC2)c(OC)c1. The summed E-state index contributed by atoms with van der Waals surface area (Å²) < 4.78 is 18.2. The molecule has 1 amide bonds. The molecule has 1 aliphatic rings. The molecular weight excluding hydrogens is 454 g/mol. The molecule has 0 radical (unpaired) electrons.